The summed E-state index contributed by atoms with van der Waals surface area (Å²) in [5.74, 6) is -2.47. The smallest absolute Gasteiger partial charge is 0.464 e. The summed E-state index contributed by atoms with van der Waals surface area (Å²) in [6.07, 6.45) is -3.86. The molecule has 3 rings (SSSR count). The molecule has 120 valence electrons. The first-order chi connectivity index (χ1) is 10.8. The Bertz CT molecular complexity index is 813. The van der Waals surface area contributed by atoms with Crippen LogP contribution >= 0.6 is 11.6 Å². The van der Waals surface area contributed by atoms with Gasteiger partial charge in [-0.15, -0.1) is 8.78 Å². The summed E-state index contributed by atoms with van der Waals surface area (Å²) in [7, 11) is 1.14. The van der Waals surface area contributed by atoms with E-state index in [1.807, 2.05) is 0 Å². The predicted molar refractivity (Wildman–Crippen MR) is 72.2 cm³/mol. The summed E-state index contributed by atoms with van der Waals surface area (Å²) >= 11 is 5.83. The van der Waals surface area contributed by atoms with Crippen molar-refractivity contribution in [3.05, 3.63) is 40.8 Å². The van der Waals surface area contributed by atoms with Gasteiger partial charge in [-0.05, 0) is 18.2 Å². The minimum absolute atomic E-state index is 0.00563. The third-order valence-electron chi connectivity index (χ3n) is 2.99. The Morgan fingerprint density at radius 1 is 1.26 bits per heavy atom. The van der Waals surface area contributed by atoms with E-state index in [0.717, 1.165) is 19.2 Å². The summed E-state index contributed by atoms with van der Waals surface area (Å²) in [5.41, 5.74) is -0.394. The summed E-state index contributed by atoms with van der Waals surface area (Å²) in [6, 6.07) is 4.39. The van der Waals surface area contributed by atoms with Crippen molar-refractivity contribution in [3.8, 4) is 22.8 Å². The van der Waals surface area contributed by atoms with Crippen molar-refractivity contribution in [1.29, 1.82) is 0 Å². The normalized spacial score (nSPS) is 14.7. The van der Waals surface area contributed by atoms with Crippen LogP contribution in [0, 0.1) is 5.82 Å². The number of carbonyl (C=O) groups excluding carboxylic acids is 1. The van der Waals surface area contributed by atoms with E-state index < -0.39 is 23.8 Å². The molecule has 0 unspecified atom stereocenters. The van der Waals surface area contributed by atoms with Crippen LogP contribution in [0.2, 0.25) is 5.02 Å². The molecule has 1 aromatic carbocycles. The van der Waals surface area contributed by atoms with Crippen LogP contribution in [0.1, 0.15) is 10.5 Å². The molecule has 0 saturated carbocycles. The number of pyridine rings is 1. The van der Waals surface area contributed by atoms with Crippen LogP contribution in [-0.2, 0) is 4.74 Å². The van der Waals surface area contributed by atoms with E-state index >= 15 is 0 Å². The molecule has 5 nitrogen and oxygen atoms in total. The van der Waals surface area contributed by atoms with Gasteiger partial charge in [0.15, 0.2) is 17.2 Å². The van der Waals surface area contributed by atoms with Gasteiger partial charge in [0.1, 0.15) is 5.82 Å². The second-order valence-electron chi connectivity index (χ2n) is 4.46. The number of fused-ring (bicyclic) bond motifs is 1. The number of alkyl halides is 2. The molecule has 0 spiro atoms. The monoisotopic (exact) mass is 345 g/mol. The first-order valence-electron chi connectivity index (χ1n) is 6.15. The number of halogens is 4. The Morgan fingerprint density at radius 2 is 1.91 bits per heavy atom. The number of aromatic nitrogens is 1. The zero-order chi connectivity index (χ0) is 16.8. The minimum atomic E-state index is -3.86. The molecule has 0 bridgehead atoms. The van der Waals surface area contributed by atoms with E-state index in [1.165, 1.54) is 12.1 Å². The molecule has 0 aliphatic carbocycles. The van der Waals surface area contributed by atoms with Gasteiger partial charge in [0.25, 0.3) is 0 Å². The quantitative estimate of drug-likeness (QED) is 0.778. The highest BCUT2D eigenvalue weighted by Gasteiger charge is 2.44. The number of ether oxygens (including phenoxy) is 3. The highest BCUT2D eigenvalue weighted by molar-refractivity contribution is 6.33. The SMILES string of the molecule is COC(=O)c1nc(-c2cc3c(cc2F)OC(F)(F)O3)ccc1Cl. The lowest BCUT2D eigenvalue weighted by Crippen LogP contribution is -2.25. The van der Waals surface area contributed by atoms with Gasteiger partial charge in [0.2, 0.25) is 0 Å². The van der Waals surface area contributed by atoms with E-state index in [-0.39, 0.29) is 27.7 Å². The van der Waals surface area contributed by atoms with Crippen molar-refractivity contribution in [2.75, 3.05) is 7.11 Å². The lowest BCUT2D eigenvalue weighted by Gasteiger charge is -2.07. The molecule has 1 aliphatic rings. The maximum atomic E-state index is 14.1. The van der Waals surface area contributed by atoms with Crippen molar-refractivity contribution in [2.24, 2.45) is 0 Å². The first kappa shape index (κ1) is 15.4. The van der Waals surface area contributed by atoms with Crippen molar-refractivity contribution in [2.45, 2.75) is 6.29 Å². The molecule has 2 aromatic rings. The molecule has 1 aromatic heterocycles. The molecule has 0 amide bonds. The number of esters is 1. The largest absolute Gasteiger partial charge is 0.586 e. The Balaban J connectivity index is 2.09. The lowest BCUT2D eigenvalue weighted by atomic mass is 10.1. The molecular formula is C14H7ClF3NO4. The maximum Gasteiger partial charge on any atom is 0.586 e. The van der Waals surface area contributed by atoms with Crippen LogP contribution in [0.15, 0.2) is 24.3 Å². The fourth-order valence-electron chi connectivity index (χ4n) is 2.00. The van der Waals surface area contributed by atoms with Gasteiger partial charge in [0, 0.05) is 11.6 Å². The zero-order valence-corrected chi connectivity index (χ0v) is 12.2. The Hall–Kier alpha value is -2.48. The molecule has 0 N–H and O–H groups in total. The summed E-state index contributed by atoms with van der Waals surface area (Å²) < 4.78 is 53.1. The second kappa shape index (κ2) is 5.31. The number of benzene rings is 1. The van der Waals surface area contributed by atoms with Gasteiger partial charge in [-0.1, -0.05) is 11.6 Å². The minimum Gasteiger partial charge on any atom is -0.464 e. The number of hydrogen-bond acceptors (Lipinski definition) is 5. The van der Waals surface area contributed by atoms with Gasteiger partial charge in [-0.3, -0.25) is 0 Å². The van der Waals surface area contributed by atoms with Crippen molar-refractivity contribution < 1.29 is 32.2 Å². The number of nitrogens with zero attached hydrogens (tertiary/aromatic N) is 1. The summed E-state index contributed by atoms with van der Waals surface area (Å²) in [6.45, 7) is 0. The van der Waals surface area contributed by atoms with Gasteiger partial charge >= 0.3 is 12.3 Å². The first-order valence-corrected chi connectivity index (χ1v) is 6.53. The third kappa shape index (κ3) is 2.77. The van der Waals surface area contributed by atoms with Crippen LogP contribution < -0.4 is 9.47 Å². The summed E-state index contributed by atoms with van der Waals surface area (Å²) in [5, 5.41) is 0.00767. The van der Waals surface area contributed by atoms with Crippen LogP contribution in [0.5, 0.6) is 11.5 Å². The van der Waals surface area contributed by atoms with Crippen LogP contribution in [0.3, 0.4) is 0 Å². The molecular weight excluding hydrogens is 339 g/mol. The van der Waals surface area contributed by atoms with Gasteiger partial charge < -0.3 is 14.2 Å². The van der Waals surface area contributed by atoms with Crippen LogP contribution in [-0.4, -0.2) is 24.4 Å². The van der Waals surface area contributed by atoms with Crippen molar-refractivity contribution >= 4 is 17.6 Å². The number of carbonyl (C=O) groups is 1. The average molecular weight is 346 g/mol. The van der Waals surface area contributed by atoms with Gasteiger partial charge in [0.05, 0.1) is 17.8 Å². The highest BCUT2D eigenvalue weighted by atomic mass is 35.5. The Labute approximate surface area is 132 Å². The van der Waals surface area contributed by atoms with Gasteiger partial charge in [-0.2, -0.15) is 0 Å². The average Bonchev–Trinajstić information content (AvgIpc) is 2.79. The van der Waals surface area contributed by atoms with Crippen molar-refractivity contribution in [1.82, 2.24) is 4.98 Å². The third-order valence-corrected chi connectivity index (χ3v) is 3.30. The fourth-order valence-corrected chi connectivity index (χ4v) is 2.18. The predicted octanol–water partition coefficient (Wildman–Crippen LogP) is 3.65. The number of hydrogen-bond donors (Lipinski definition) is 0. The molecule has 0 fully saturated rings. The van der Waals surface area contributed by atoms with E-state index in [0.29, 0.717) is 0 Å². The molecule has 1 aliphatic heterocycles. The fraction of sp³-hybridized carbons (Fsp3) is 0.143. The summed E-state index contributed by atoms with van der Waals surface area (Å²) in [4.78, 5) is 15.5. The topological polar surface area (TPSA) is 57.7 Å². The lowest BCUT2D eigenvalue weighted by molar-refractivity contribution is -0.286. The number of rotatable bonds is 2. The highest BCUT2D eigenvalue weighted by Crippen LogP contribution is 2.44. The maximum absolute atomic E-state index is 14.1. The zero-order valence-electron chi connectivity index (χ0n) is 11.4. The Kier molecular flexibility index (Phi) is 3.56. The van der Waals surface area contributed by atoms with Crippen LogP contribution in [0.4, 0.5) is 13.2 Å². The molecule has 0 atom stereocenters. The standard InChI is InChI=1S/C14H7ClF3NO4/c1-21-13(20)12-7(15)2-3-9(19-12)6-4-10-11(5-8(6)16)23-14(17,18)22-10/h2-5H,1H3. The van der Waals surface area contributed by atoms with E-state index in [1.54, 1.807) is 0 Å². The van der Waals surface area contributed by atoms with Gasteiger partial charge in [-0.25, -0.2) is 14.2 Å². The molecule has 0 saturated heterocycles. The molecule has 23 heavy (non-hydrogen) atoms. The molecule has 2 heterocycles. The molecule has 0 radical (unpaired) electrons. The van der Waals surface area contributed by atoms with E-state index in [4.69, 9.17) is 11.6 Å². The van der Waals surface area contributed by atoms with Crippen molar-refractivity contribution in [3.63, 3.8) is 0 Å². The van der Waals surface area contributed by atoms with E-state index in [9.17, 15) is 18.0 Å². The van der Waals surface area contributed by atoms with E-state index in [2.05, 4.69) is 19.2 Å². The number of methoxy groups -OCH3 is 1. The second-order valence-corrected chi connectivity index (χ2v) is 4.87. The molecule has 9 heteroatoms. The Morgan fingerprint density at radius 3 is 2.57 bits per heavy atom. The van der Waals surface area contributed by atoms with Crippen LogP contribution in [0.25, 0.3) is 11.3 Å².